The van der Waals surface area contributed by atoms with Crippen molar-refractivity contribution < 1.29 is 4.79 Å². The summed E-state index contributed by atoms with van der Waals surface area (Å²) < 4.78 is 0.863. The maximum absolute atomic E-state index is 11.7. The average Bonchev–Trinajstić information content (AvgIpc) is 2.40. The lowest BCUT2D eigenvalue weighted by Crippen LogP contribution is -2.17. The number of hydrogen-bond acceptors (Lipinski definition) is 2. The number of carbonyl (C=O) groups excluding carboxylic acids is 1. The molecular weight excluding hydrogens is 292 g/mol. The molecule has 2 rings (SSSR count). The molecule has 2 aromatic rings. The first kappa shape index (κ1) is 12.5. The van der Waals surface area contributed by atoms with E-state index in [1.807, 2.05) is 36.4 Å². The van der Waals surface area contributed by atoms with Gasteiger partial charge in [-0.1, -0.05) is 52.3 Å². The van der Waals surface area contributed by atoms with Crippen molar-refractivity contribution in [3.63, 3.8) is 0 Å². The second kappa shape index (κ2) is 6.12. The Labute approximate surface area is 114 Å². The van der Waals surface area contributed by atoms with Crippen LogP contribution in [-0.4, -0.2) is 12.1 Å². The van der Waals surface area contributed by atoms with Gasteiger partial charge in [-0.15, -0.1) is 0 Å². The maximum Gasteiger partial charge on any atom is 0.271 e. The number of nitrogens with zero attached hydrogens (tertiary/aromatic N) is 1. The van der Waals surface area contributed by atoms with E-state index in [0.717, 1.165) is 10.0 Å². The van der Waals surface area contributed by atoms with Crippen molar-refractivity contribution in [3.8, 4) is 0 Å². The third kappa shape index (κ3) is 3.53. The summed E-state index contributed by atoms with van der Waals surface area (Å²) in [5, 5.41) is 3.91. The first-order valence-corrected chi connectivity index (χ1v) is 6.19. The van der Waals surface area contributed by atoms with E-state index in [4.69, 9.17) is 0 Å². The van der Waals surface area contributed by atoms with Gasteiger partial charge in [-0.3, -0.25) is 4.79 Å². The minimum Gasteiger partial charge on any atom is -0.267 e. The van der Waals surface area contributed by atoms with Crippen LogP contribution in [0.5, 0.6) is 0 Å². The molecule has 4 heteroatoms. The molecule has 0 aliphatic rings. The van der Waals surface area contributed by atoms with Gasteiger partial charge >= 0.3 is 0 Å². The van der Waals surface area contributed by atoms with Crippen LogP contribution in [0.1, 0.15) is 15.9 Å². The summed E-state index contributed by atoms with van der Waals surface area (Å²) >= 11 is 3.32. The summed E-state index contributed by atoms with van der Waals surface area (Å²) in [4.78, 5) is 11.7. The molecular formula is C14H11BrN2O. The topological polar surface area (TPSA) is 41.5 Å². The smallest absolute Gasteiger partial charge is 0.267 e. The van der Waals surface area contributed by atoms with Gasteiger partial charge in [0.1, 0.15) is 0 Å². The van der Waals surface area contributed by atoms with E-state index in [2.05, 4.69) is 26.5 Å². The lowest BCUT2D eigenvalue weighted by Gasteiger charge is -2.00. The number of rotatable bonds is 3. The van der Waals surface area contributed by atoms with Crippen molar-refractivity contribution in [2.24, 2.45) is 5.10 Å². The fraction of sp³-hybridized carbons (Fsp3) is 0. The zero-order chi connectivity index (χ0) is 12.8. The van der Waals surface area contributed by atoms with Crippen LogP contribution in [0.25, 0.3) is 0 Å². The highest BCUT2D eigenvalue weighted by Gasteiger charge is 2.03. The van der Waals surface area contributed by atoms with Crippen LogP contribution >= 0.6 is 15.9 Å². The Bertz CT molecular complexity index is 567. The second-order valence-corrected chi connectivity index (χ2v) is 4.54. The normalized spacial score (nSPS) is 10.5. The van der Waals surface area contributed by atoms with Gasteiger partial charge in [-0.05, 0) is 23.8 Å². The van der Waals surface area contributed by atoms with Crippen molar-refractivity contribution >= 4 is 28.1 Å². The first-order valence-electron chi connectivity index (χ1n) is 5.40. The summed E-state index contributed by atoms with van der Waals surface area (Å²) in [6.45, 7) is 0. The average molecular weight is 303 g/mol. The van der Waals surface area contributed by atoms with Gasteiger partial charge in [0, 0.05) is 10.0 Å². The summed E-state index contributed by atoms with van der Waals surface area (Å²) in [7, 11) is 0. The standard InChI is InChI=1S/C14H11BrN2O/c15-13-8-4-7-12(9-13)14(18)17-16-10-11-5-2-1-3-6-11/h1-10H,(H,17,18)/b16-10-. The van der Waals surface area contributed by atoms with Crippen LogP contribution in [0.15, 0.2) is 64.2 Å². The Kier molecular flexibility index (Phi) is 4.25. The van der Waals surface area contributed by atoms with E-state index in [-0.39, 0.29) is 5.91 Å². The Morgan fingerprint density at radius 2 is 1.89 bits per heavy atom. The van der Waals surface area contributed by atoms with Crippen molar-refractivity contribution in [2.45, 2.75) is 0 Å². The Morgan fingerprint density at radius 3 is 2.61 bits per heavy atom. The molecule has 1 amide bonds. The quantitative estimate of drug-likeness (QED) is 0.686. The number of amides is 1. The number of nitrogens with one attached hydrogen (secondary N) is 1. The molecule has 3 nitrogen and oxygen atoms in total. The summed E-state index contributed by atoms with van der Waals surface area (Å²) in [6.07, 6.45) is 1.61. The molecule has 0 spiro atoms. The molecule has 2 aromatic carbocycles. The summed E-state index contributed by atoms with van der Waals surface area (Å²) in [6, 6.07) is 16.7. The third-order valence-corrected chi connectivity index (χ3v) is 2.76. The van der Waals surface area contributed by atoms with E-state index in [0.29, 0.717) is 5.56 Å². The minimum absolute atomic E-state index is 0.233. The highest BCUT2D eigenvalue weighted by Crippen LogP contribution is 2.11. The first-order chi connectivity index (χ1) is 8.75. The Morgan fingerprint density at radius 1 is 1.11 bits per heavy atom. The SMILES string of the molecule is O=C(N/N=C\c1ccccc1)c1cccc(Br)c1. The van der Waals surface area contributed by atoms with Gasteiger partial charge in [0.15, 0.2) is 0 Å². The molecule has 0 heterocycles. The maximum atomic E-state index is 11.7. The molecule has 90 valence electrons. The Balaban J connectivity index is 1.99. The summed E-state index contributed by atoms with van der Waals surface area (Å²) in [5.41, 5.74) is 3.99. The molecule has 0 saturated carbocycles. The number of hydrazone groups is 1. The van der Waals surface area contributed by atoms with Gasteiger partial charge in [0.2, 0.25) is 0 Å². The van der Waals surface area contributed by atoms with Crippen molar-refractivity contribution in [1.82, 2.24) is 5.43 Å². The lowest BCUT2D eigenvalue weighted by atomic mass is 10.2. The van der Waals surface area contributed by atoms with E-state index in [9.17, 15) is 4.79 Å². The molecule has 0 aromatic heterocycles. The molecule has 0 fully saturated rings. The largest absolute Gasteiger partial charge is 0.271 e. The van der Waals surface area contributed by atoms with Gasteiger partial charge in [0.05, 0.1) is 6.21 Å². The monoisotopic (exact) mass is 302 g/mol. The molecule has 0 unspecified atom stereocenters. The van der Waals surface area contributed by atoms with Crippen LogP contribution < -0.4 is 5.43 Å². The fourth-order valence-electron chi connectivity index (χ4n) is 1.40. The molecule has 0 atom stereocenters. The van der Waals surface area contributed by atoms with Crippen LogP contribution in [-0.2, 0) is 0 Å². The van der Waals surface area contributed by atoms with E-state index in [1.54, 1.807) is 24.4 Å². The molecule has 0 aliphatic heterocycles. The van der Waals surface area contributed by atoms with Gasteiger partial charge in [0.25, 0.3) is 5.91 Å². The lowest BCUT2D eigenvalue weighted by molar-refractivity contribution is 0.0955. The predicted octanol–water partition coefficient (Wildman–Crippen LogP) is 3.21. The molecule has 0 bridgehead atoms. The number of benzene rings is 2. The number of halogens is 1. The van der Waals surface area contributed by atoms with Gasteiger partial charge < -0.3 is 0 Å². The number of carbonyl (C=O) groups is 1. The van der Waals surface area contributed by atoms with E-state index < -0.39 is 0 Å². The number of hydrogen-bond donors (Lipinski definition) is 1. The van der Waals surface area contributed by atoms with Crippen molar-refractivity contribution in [3.05, 3.63) is 70.2 Å². The van der Waals surface area contributed by atoms with Gasteiger partial charge in [-0.25, -0.2) is 5.43 Å². The molecule has 0 aliphatic carbocycles. The third-order valence-electron chi connectivity index (χ3n) is 2.27. The van der Waals surface area contributed by atoms with Crippen LogP contribution in [0.4, 0.5) is 0 Å². The van der Waals surface area contributed by atoms with Gasteiger partial charge in [-0.2, -0.15) is 5.10 Å². The van der Waals surface area contributed by atoms with Crippen LogP contribution in [0, 0.1) is 0 Å². The molecule has 1 N–H and O–H groups in total. The second-order valence-electron chi connectivity index (χ2n) is 3.62. The highest BCUT2D eigenvalue weighted by atomic mass is 79.9. The molecule has 0 radical (unpaired) electrons. The highest BCUT2D eigenvalue weighted by molar-refractivity contribution is 9.10. The molecule has 0 saturated heterocycles. The van der Waals surface area contributed by atoms with Crippen LogP contribution in [0.2, 0.25) is 0 Å². The zero-order valence-corrected chi connectivity index (χ0v) is 11.1. The predicted molar refractivity (Wildman–Crippen MR) is 75.6 cm³/mol. The zero-order valence-electron chi connectivity index (χ0n) is 9.51. The van der Waals surface area contributed by atoms with E-state index >= 15 is 0 Å². The minimum atomic E-state index is -0.233. The summed E-state index contributed by atoms with van der Waals surface area (Å²) in [5.74, 6) is -0.233. The fourth-order valence-corrected chi connectivity index (χ4v) is 1.80. The van der Waals surface area contributed by atoms with E-state index in [1.165, 1.54) is 0 Å². The Hall–Kier alpha value is -1.94. The van der Waals surface area contributed by atoms with Crippen molar-refractivity contribution in [2.75, 3.05) is 0 Å². The molecule has 18 heavy (non-hydrogen) atoms. The van der Waals surface area contributed by atoms with Crippen LogP contribution in [0.3, 0.4) is 0 Å². The van der Waals surface area contributed by atoms with Crippen molar-refractivity contribution in [1.29, 1.82) is 0 Å².